The molecule has 0 spiro atoms. The summed E-state index contributed by atoms with van der Waals surface area (Å²) in [5, 5.41) is 21.3. The van der Waals surface area contributed by atoms with Gasteiger partial charge in [0.25, 0.3) is 0 Å². The van der Waals surface area contributed by atoms with Gasteiger partial charge in [-0.2, -0.15) is 5.10 Å². The Hall–Kier alpha value is -4.55. The summed E-state index contributed by atoms with van der Waals surface area (Å²) in [5.41, 5.74) is 3.83. The van der Waals surface area contributed by atoms with Gasteiger partial charge in [-0.05, 0) is 44.0 Å². The third-order valence-electron chi connectivity index (χ3n) is 7.78. The number of ketones is 1. The van der Waals surface area contributed by atoms with Gasteiger partial charge in [0, 0.05) is 23.9 Å². The molecule has 6 aromatic rings. The van der Waals surface area contributed by atoms with E-state index in [-0.39, 0.29) is 22.8 Å². The first-order valence-corrected chi connectivity index (χ1v) is 14.7. The van der Waals surface area contributed by atoms with Crippen LogP contribution in [0.3, 0.4) is 0 Å². The molecule has 6 heterocycles. The van der Waals surface area contributed by atoms with E-state index in [4.69, 9.17) is 4.98 Å². The van der Waals surface area contributed by atoms with Crippen LogP contribution in [-0.4, -0.2) is 52.2 Å². The highest BCUT2D eigenvalue weighted by atomic mass is 32.1. The summed E-state index contributed by atoms with van der Waals surface area (Å²) >= 11 is 1.35. The summed E-state index contributed by atoms with van der Waals surface area (Å²) in [7, 11) is 0. The predicted molar refractivity (Wildman–Crippen MR) is 159 cm³/mol. The molecule has 1 aliphatic carbocycles. The lowest BCUT2D eigenvalue weighted by Crippen LogP contribution is -2.30. The molecule has 4 N–H and O–H groups in total. The number of nitrogens with one attached hydrogen (secondary N) is 3. The fourth-order valence-corrected chi connectivity index (χ4v) is 6.52. The standard InChI is InChI=1S/C30H27FN8O2S/c1-15(40)21-7-8-22(42-21)27-26-19(9-10-33-27)36-29(37-26)28-23-20(38-39-28)14-34-25(24(23)31)17-11-18(13-32-12-17)35-30(41)16-5-3-2-4-6-16/h7-14,16,30,35,41H,2-6H2,1H3,(H,36,37)(H,38,39). The van der Waals surface area contributed by atoms with Gasteiger partial charge in [0.05, 0.1) is 44.3 Å². The zero-order valence-electron chi connectivity index (χ0n) is 22.7. The number of aromatic nitrogens is 7. The number of pyridine rings is 3. The molecule has 1 aliphatic rings. The quantitative estimate of drug-likeness (QED) is 0.126. The number of aromatic amines is 2. The number of halogens is 1. The monoisotopic (exact) mass is 582 g/mol. The SMILES string of the molecule is CC(=O)c1ccc(-c2nccc3[nH]c(-c4n[nH]c5cnc(-c6cncc(NC(O)C7CCCCC7)c6)c(F)c45)nc23)s1. The number of carbonyl (C=O) groups is 1. The van der Waals surface area contributed by atoms with Gasteiger partial charge in [-0.1, -0.05) is 19.3 Å². The minimum Gasteiger partial charge on any atom is -0.374 e. The third kappa shape index (κ3) is 4.72. The maximum atomic E-state index is 16.2. The number of hydrogen-bond donors (Lipinski definition) is 4. The molecular weight excluding hydrogens is 555 g/mol. The molecular formula is C30H27FN8O2S. The van der Waals surface area contributed by atoms with Crippen molar-refractivity contribution in [1.82, 2.24) is 35.1 Å². The molecule has 1 unspecified atom stereocenters. The summed E-state index contributed by atoms with van der Waals surface area (Å²) in [6.45, 7) is 1.53. The number of aliphatic hydroxyl groups excluding tert-OH is 1. The van der Waals surface area contributed by atoms with E-state index in [0.29, 0.717) is 49.9 Å². The highest BCUT2D eigenvalue weighted by Gasteiger charge is 2.24. The average Bonchev–Trinajstić information content (AvgIpc) is 3.76. The van der Waals surface area contributed by atoms with Gasteiger partial charge < -0.3 is 15.4 Å². The lowest BCUT2D eigenvalue weighted by Gasteiger charge is -2.27. The van der Waals surface area contributed by atoms with Gasteiger partial charge in [0.1, 0.15) is 28.8 Å². The number of fused-ring (bicyclic) bond motifs is 2. The molecule has 0 amide bonds. The molecule has 0 bridgehead atoms. The molecule has 10 nitrogen and oxygen atoms in total. The maximum Gasteiger partial charge on any atom is 0.169 e. The second-order valence-corrected chi connectivity index (χ2v) is 11.7. The molecule has 6 aromatic heterocycles. The number of nitrogens with zero attached hydrogens (tertiary/aromatic N) is 5. The van der Waals surface area contributed by atoms with E-state index in [1.807, 2.05) is 6.07 Å². The van der Waals surface area contributed by atoms with Crippen molar-refractivity contribution in [2.45, 2.75) is 45.3 Å². The smallest absolute Gasteiger partial charge is 0.169 e. The van der Waals surface area contributed by atoms with Crippen LogP contribution in [0.15, 0.2) is 49.1 Å². The van der Waals surface area contributed by atoms with Crippen molar-refractivity contribution in [2.24, 2.45) is 5.92 Å². The number of imidazole rings is 1. The fourth-order valence-electron chi connectivity index (χ4n) is 5.62. The Labute approximate surface area is 243 Å². The van der Waals surface area contributed by atoms with Gasteiger partial charge in [-0.25, -0.2) is 9.37 Å². The van der Waals surface area contributed by atoms with E-state index in [1.165, 1.54) is 30.9 Å². The summed E-state index contributed by atoms with van der Waals surface area (Å²) in [6.07, 6.45) is 11.0. The largest absolute Gasteiger partial charge is 0.374 e. The van der Waals surface area contributed by atoms with E-state index in [0.717, 1.165) is 30.6 Å². The summed E-state index contributed by atoms with van der Waals surface area (Å²) in [4.78, 5) is 34.4. The van der Waals surface area contributed by atoms with Gasteiger partial charge >= 0.3 is 0 Å². The number of H-pyrrole nitrogens is 2. The third-order valence-corrected chi connectivity index (χ3v) is 8.97. The number of thiophene rings is 1. The fraction of sp³-hybridized carbons (Fsp3) is 0.267. The molecule has 1 saturated carbocycles. The van der Waals surface area contributed by atoms with E-state index >= 15 is 4.39 Å². The first-order valence-electron chi connectivity index (χ1n) is 13.8. The lowest BCUT2D eigenvalue weighted by molar-refractivity contribution is 0.102. The maximum absolute atomic E-state index is 16.2. The second-order valence-electron chi connectivity index (χ2n) is 10.6. The van der Waals surface area contributed by atoms with Gasteiger partial charge in [0.2, 0.25) is 0 Å². The topological polar surface area (TPSA) is 145 Å². The predicted octanol–water partition coefficient (Wildman–Crippen LogP) is 6.34. The number of hydrogen-bond acceptors (Lipinski definition) is 9. The number of anilines is 1. The van der Waals surface area contributed by atoms with Gasteiger partial charge in [-0.3, -0.25) is 24.8 Å². The van der Waals surface area contributed by atoms with Crippen molar-refractivity contribution in [2.75, 3.05) is 5.32 Å². The van der Waals surface area contributed by atoms with Crippen LogP contribution >= 0.6 is 11.3 Å². The first-order chi connectivity index (χ1) is 20.5. The summed E-state index contributed by atoms with van der Waals surface area (Å²) < 4.78 is 16.2. The van der Waals surface area contributed by atoms with Crippen LogP contribution in [0.25, 0.3) is 55.3 Å². The number of rotatable bonds is 7. The van der Waals surface area contributed by atoms with Crippen LogP contribution in [0.5, 0.6) is 0 Å². The Kier molecular flexibility index (Phi) is 6.71. The normalized spacial score (nSPS) is 14.9. The number of aliphatic hydroxyl groups is 1. The van der Waals surface area contributed by atoms with Crippen LogP contribution in [0.4, 0.5) is 10.1 Å². The number of Topliss-reactive ketones (excluding diaryl/α,β-unsaturated/α-hetero) is 1. The Bertz CT molecular complexity index is 1940. The lowest BCUT2D eigenvalue weighted by atomic mass is 9.88. The highest BCUT2D eigenvalue weighted by Crippen LogP contribution is 2.36. The zero-order chi connectivity index (χ0) is 28.8. The molecule has 12 heteroatoms. The van der Waals surface area contributed by atoms with Crippen LogP contribution in [-0.2, 0) is 0 Å². The minimum absolute atomic E-state index is 0.0130. The van der Waals surface area contributed by atoms with Gasteiger partial charge in [0.15, 0.2) is 17.4 Å². The van der Waals surface area contributed by atoms with E-state index in [2.05, 4.69) is 35.5 Å². The van der Waals surface area contributed by atoms with Crippen LogP contribution < -0.4 is 5.32 Å². The Balaban J connectivity index is 1.25. The van der Waals surface area contributed by atoms with Crippen LogP contribution in [0.1, 0.15) is 48.7 Å². The Morgan fingerprint density at radius 3 is 2.74 bits per heavy atom. The van der Waals surface area contributed by atoms with Crippen LogP contribution in [0, 0.1) is 11.7 Å². The molecule has 1 fully saturated rings. The number of carbonyl (C=O) groups excluding carboxylic acids is 1. The van der Waals surface area contributed by atoms with Crippen LogP contribution in [0.2, 0.25) is 0 Å². The van der Waals surface area contributed by atoms with E-state index < -0.39 is 12.0 Å². The molecule has 212 valence electrons. The second kappa shape index (κ2) is 10.7. The molecule has 1 atom stereocenters. The molecule has 0 radical (unpaired) electrons. The highest BCUT2D eigenvalue weighted by molar-refractivity contribution is 7.17. The van der Waals surface area contributed by atoms with Crippen molar-refractivity contribution < 1.29 is 14.3 Å². The van der Waals surface area contributed by atoms with E-state index in [1.54, 1.807) is 36.8 Å². The summed E-state index contributed by atoms with van der Waals surface area (Å²) in [5.74, 6) is -0.0289. The van der Waals surface area contributed by atoms with Crippen molar-refractivity contribution in [3.8, 4) is 33.3 Å². The Morgan fingerprint density at radius 1 is 1.07 bits per heavy atom. The van der Waals surface area contributed by atoms with Crippen molar-refractivity contribution in [1.29, 1.82) is 0 Å². The molecule has 0 saturated heterocycles. The summed E-state index contributed by atoms with van der Waals surface area (Å²) in [6, 6.07) is 7.16. The molecule has 42 heavy (non-hydrogen) atoms. The molecule has 0 aliphatic heterocycles. The van der Waals surface area contributed by atoms with Crippen molar-refractivity contribution in [3.05, 3.63) is 59.7 Å². The molecule has 0 aromatic carbocycles. The average molecular weight is 583 g/mol. The van der Waals surface area contributed by atoms with Crippen molar-refractivity contribution in [3.63, 3.8) is 0 Å². The Morgan fingerprint density at radius 2 is 1.93 bits per heavy atom. The molecule has 7 rings (SSSR count). The first kappa shape index (κ1) is 26.4. The zero-order valence-corrected chi connectivity index (χ0v) is 23.5. The minimum atomic E-state index is -0.696. The van der Waals surface area contributed by atoms with E-state index in [9.17, 15) is 9.90 Å². The van der Waals surface area contributed by atoms with Crippen molar-refractivity contribution >= 4 is 44.7 Å². The van der Waals surface area contributed by atoms with Gasteiger partial charge in [-0.15, -0.1) is 11.3 Å².